The van der Waals surface area contributed by atoms with Crippen molar-refractivity contribution in [1.82, 2.24) is 4.98 Å². The summed E-state index contributed by atoms with van der Waals surface area (Å²) in [6.45, 7) is 0. The molecule has 7 heteroatoms. The van der Waals surface area contributed by atoms with Gasteiger partial charge in [0, 0.05) is 36.7 Å². The molecule has 0 saturated carbocycles. The van der Waals surface area contributed by atoms with E-state index < -0.39 is 9.85 Å². The molecule has 0 unspecified atom stereocenters. The van der Waals surface area contributed by atoms with E-state index in [1.807, 2.05) is 24.5 Å². The molecule has 0 aliphatic heterocycles. The number of nitrogens with one attached hydrogen (secondary N) is 1. The topological polar surface area (TPSA) is 102 Å². The number of rotatable bonds is 2. The lowest BCUT2D eigenvalue weighted by Gasteiger charge is -1.90. The largest absolute Gasteiger partial charge is 0.368 e. The van der Waals surface area contributed by atoms with Crippen molar-refractivity contribution in [3.63, 3.8) is 0 Å². The molecule has 0 saturated heterocycles. The average Bonchev–Trinajstić information content (AvgIpc) is 2.87. The van der Waals surface area contributed by atoms with E-state index in [0.717, 1.165) is 24.3 Å². The van der Waals surface area contributed by atoms with Crippen molar-refractivity contribution in [3.05, 3.63) is 69.0 Å². The highest BCUT2D eigenvalue weighted by Crippen LogP contribution is 2.16. The maximum Gasteiger partial charge on any atom is 0.269 e. The second kappa shape index (κ2) is 6.01. The molecular formula is C10H9N3O4. The number of H-pyrrole nitrogens is 1. The number of aromatic nitrogens is 1. The number of benzene rings is 1. The van der Waals surface area contributed by atoms with Gasteiger partial charge in [0.05, 0.1) is 9.85 Å². The van der Waals surface area contributed by atoms with E-state index >= 15 is 0 Å². The average molecular weight is 235 g/mol. The zero-order valence-corrected chi connectivity index (χ0v) is 8.65. The van der Waals surface area contributed by atoms with Crippen LogP contribution in [0.1, 0.15) is 0 Å². The summed E-state index contributed by atoms with van der Waals surface area (Å²) in [6.07, 6.45) is 3.75. The third kappa shape index (κ3) is 4.12. The van der Waals surface area contributed by atoms with Crippen LogP contribution >= 0.6 is 0 Å². The van der Waals surface area contributed by atoms with Gasteiger partial charge in [-0.1, -0.05) is 0 Å². The van der Waals surface area contributed by atoms with Crippen molar-refractivity contribution < 1.29 is 9.85 Å². The van der Waals surface area contributed by atoms with Gasteiger partial charge in [-0.25, -0.2) is 0 Å². The van der Waals surface area contributed by atoms with E-state index in [-0.39, 0.29) is 11.4 Å². The monoisotopic (exact) mass is 235 g/mol. The van der Waals surface area contributed by atoms with Crippen LogP contribution < -0.4 is 0 Å². The minimum Gasteiger partial charge on any atom is -0.368 e. The number of nitrogens with zero attached hydrogens (tertiary/aromatic N) is 2. The van der Waals surface area contributed by atoms with Crippen LogP contribution in [0, 0.1) is 20.2 Å². The molecule has 0 aliphatic rings. The third-order valence-electron chi connectivity index (χ3n) is 1.77. The highest BCUT2D eigenvalue weighted by atomic mass is 16.6. The van der Waals surface area contributed by atoms with Crippen molar-refractivity contribution in [2.45, 2.75) is 0 Å². The van der Waals surface area contributed by atoms with Gasteiger partial charge in [0.1, 0.15) is 0 Å². The maximum absolute atomic E-state index is 10.1. The predicted molar refractivity (Wildman–Crippen MR) is 60.5 cm³/mol. The number of nitro groups is 2. The second-order valence-electron chi connectivity index (χ2n) is 2.92. The fourth-order valence-corrected chi connectivity index (χ4v) is 0.974. The Labute approximate surface area is 96.0 Å². The number of nitro benzene ring substituents is 2. The van der Waals surface area contributed by atoms with E-state index in [1.165, 1.54) is 0 Å². The van der Waals surface area contributed by atoms with E-state index in [2.05, 4.69) is 4.98 Å². The fourth-order valence-electron chi connectivity index (χ4n) is 0.974. The van der Waals surface area contributed by atoms with Crippen LogP contribution in [-0.2, 0) is 0 Å². The Morgan fingerprint density at radius 3 is 1.35 bits per heavy atom. The van der Waals surface area contributed by atoms with E-state index in [4.69, 9.17) is 0 Å². The van der Waals surface area contributed by atoms with Gasteiger partial charge < -0.3 is 4.98 Å². The summed E-state index contributed by atoms with van der Waals surface area (Å²) in [6, 6.07) is 8.27. The smallest absolute Gasteiger partial charge is 0.269 e. The molecule has 1 aromatic carbocycles. The maximum atomic E-state index is 10.1. The molecule has 7 nitrogen and oxygen atoms in total. The van der Waals surface area contributed by atoms with Crippen molar-refractivity contribution >= 4 is 11.4 Å². The Morgan fingerprint density at radius 1 is 0.824 bits per heavy atom. The minimum atomic E-state index is -0.607. The zero-order valence-electron chi connectivity index (χ0n) is 8.65. The van der Waals surface area contributed by atoms with Gasteiger partial charge in [-0.15, -0.1) is 0 Å². The Kier molecular flexibility index (Phi) is 4.37. The molecule has 1 heterocycles. The lowest BCUT2D eigenvalue weighted by molar-refractivity contribution is -0.389. The number of hydrogen-bond acceptors (Lipinski definition) is 4. The summed E-state index contributed by atoms with van der Waals surface area (Å²) >= 11 is 0. The number of non-ortho nitro benzene ring substituents is 2. The van der Waals surface area contributed by atoms with Crippen LogP contribution in [0.5, 0.6) is 0 Å². The summed E-state index contributed by atoms with van der Waals surface area (Å²) in [5.41, 5.74) is -0.304. The van der Waals surface area contributed by atoms with Crippen molar-refractivity contribution in [1.29, 1.82) is 0 Å². The van der Waals surface area contributed by atoms with Crippen molar-refractivity contribution in [2.24, 2.45) is 0 Å². The molecule has 0 amide bonds. The molecule has 1 aromatic heterocycles. The third-order valence-corrected chi connectivity index (χ3v) is 1.77. The Hall–Kier alpha value is -2.70. The quantitative estimate of drug-likeness (QED) is 0.638. The van der Waals surface area contributed by atoms with Gasteiger partial charge >= 0.3 is 0 Å². The number of aromatic amines is 1. The standard InChI is InChI=1S/C6H4N2O4.C4H5N/c9-7(10)5-1-2-6(4-3-5)8(11)12;1-2-4-5-3-1/h1-4H;1-5H. The summed E-state index contributed by atoms with van der Waals surface area (Å²) in [4.78, 5) is 21.9. The van der Waals surface area contributed by atoms with E-state index in [1.54, 1.807) is 0 Å². The Balaban J connectivity index is 0.000000239. The lowest BCUT2D eigenvalue weighted by atomic mass is 10.3. The van der Waals surface area contributed by atoms with Crippen LogP contribution in [0.3, 0.4) is 0 Å². The molecule has 0 fully saturated rings. The molecular weight excluding hydrogens is 226 g/mol. The van der Waals surface area contributed by atoms with Crippen LogP contribution in [0.2, 0.25) is 0 Å². The minimum absolute atomic E-state index is 0.152. The van der Waals surface area contributed by atoms with Crippen LogP contribution in [-0.4, -0.2) is 14.8 Å². The summed E-state index contributed by atoms with van der Waals surface area (Å²) in [5, 5.41) is 20.2. The first-order valence-corrected chi connectivity index (χ1v) is 4.58. The van der Waals surface area contributed by atoms with Crippen molar-refractivity contribution in [2.75, 3.05) is 0 Å². The first kappa shape index (κ1) is 12.4. The molecule has 2 rings (SSSR count). The summed E-state index contributed by atoms with van der Waals surface area (Å²) in [5.74, 6) is 0. The predicted octanol–water partition coefficient (Wildman–Crippen LogP) is 2.52. The van der Waals surface area contributed by atoms with Crippen molar-refractivity contribution in [3.8, 4) is 0 Å². The molecule has 1 N–H and O–H groups in total. The number of hydrogen-bond donors (Lipinski definition) is 1. The van der Waals surface area contributed by atoms with Gasteiger partial charge in [0.25, 0.3) is 11.4 Å². The van der Waals surface area contributed by atoms with Gasteiger partial charge in [-0.05, 0) is 12.1 Å². The molecule has 0 spiro atoms. The first-order chi connectivity index (χ1) is 8.11. The summed E-state index contributed by atoms with van der Waals surface area (Å²) in [7, 11) is 0. The van der Waals surface area contributed by atoms with Gasteiger partial charge in [-0.3, -0.25) is 20.2 Å². The van der Waals surface area contributed by atoms with Gasteiger partial charge in [-0.2, -0.15) is 0 Å². The fraction of sp³-hybridized carbons (Fsp3) is 0. The van der Waals surface area contributed by atoms with Crippen LogP contribution in [0.15, 0.2) is 48.8 Å². The lowest BCUT2D eigenvalue weighted by Crippen LogP contribution is -1.90. The normalized spacial score (nSPS) is 8.94. The Bertz CT molecular complexity index is 429. The zero-order chi connectivity index (χ0) is 12.7. The Morgan fingerprint density at radius 2 is 1.18 bits per heavy atom. The van der Waals surface area contributed by atoms with Crippen LogP contribution in [0.4, 0.5) is 11.4 Å². The van der Waals surface area contributed by atoms with Gasteiger partial charge in [0.15, 0.2) is 0 Å². The molecule has 2 aromatic rings. The summed E-state index contributed by atoms with van der Waals surface area (Å²) < 4.78 is 0. The van der Waals surface area contributed by atoms with Crippen LogP contribution in [0.25, 0.3) is 0 Å². The van der Waals surface area contributed by atoms with E-state index in [0.29, 0.717) is 0 Å². The molecule has 0 bridgehead atoms. The second-order valence-corrected chi connectivity index (χ2v) is 2.92. The first-order valence-electron chi connectivity index (χ1n) is 4.58. The van der Waals surface area contributed by atoms with E-state index in [9.17, 15) is 20.2 Å². The highest BCUT2D eigenvalue weighted by molar-refractivity contribution is 5.39. The van der Waals surface area contributed by atoms with Gasteiger partial charge in [0.2, 0.25) is 0 Å². The molecule has 17 heavy (non-hydrogen) atoms. The molecule has 0 radical (unpaired) electrons. The molecule has 0 aliphatic carbocycles. The SMILES string of the molecule is O=[N+]([O-])c1ccc([N+](=O)[O-])cc1.c1cc[nH]c1. The highest BCUT2D eigenvalue weighted by Gasteiger charge is 2.08. The molecule has 0 atom stereocenters. The molecule has 88 valence electrons.